The summed E-state index contributed by atoms with van der Waals surface area (Å²) in [6.45, 7) is 3.00. The molecule has 5 nitrogen and oxygen atoms in total. The van der Waals surface area contributed by atoms with Gasteiger partial charge in [-0.15, -0.1) is 0 Å². The minimum Gasteiger partial charge on any atom is -0.479 e. The van der Waals surface area contributed by atoms with Crippen molar-refractivity contribution in [2.75, 3.05) is 5.32 Å². The summed E-state index contributed by atoms with van der Waals surface area (Å²) < 4.78 is 5.54. The van der Waals surface area contributed by atoms with Gasteiger partial charge >= 0.3 is 0 Å². The van der Waals surface area contributed by atoms with Crippen LogP contribution in [0.25, 0.3) is 0 Å². The molecule has 0 fully saturated rings. The fraction of sp³-hybridized carbons (Fsp3) is 0.167. The molecule has 0 unspecified atom stereocenters. The Morgan fingerprint density at radius 3 is 2.58 bits per heavy atom. The summed E-state index contributed by atoms with van der Waals surface area (Å²) in [4.78, 5) is 23.9. The zero-order valence-electron chi connectivity index (χ0n) is 13.2. The van der Waals surface area contributed by atoms with Crippen LogP contribution in [-0.2, 0) is 4.79 Å². The number of amides is 1. The summed E-state index contributed by atoms with van der Waals surface area (Å²) in [6, 6.07) is 13.3. The lowest BCUT2D eigenvalue weighted by atomic mass is 10.1. The Kier molecular flexibility index (Phi) is 5.56. The van der Waals surface area contributed by atoms with Crippen LogP contribution in [-0.4, -0.2) is 17.8 Å². The van der Waals surface area contributed by atoms with Gasteiger partial charge in [0, 0.05) is 5.56 Å². The molecule has 0 saturated heterocycles. The molecule has 0 spiro atoms. The molecule has 2 aromatic rings. The molecular weight excluding hydrogens is 328 g/mol. The predicted octanol–water partition coefficient (Wildman–Crippen LogP) is 3.82. The minimum absolute atomic E-state index is 0.144. The first kappa shape index (κ1) is 17.5. The number of para-hydroxylation sites is 1. The Bertz CT molecular complexity index is 827. The molecule has 0 aliphatic carbocycles. The van der Waals surface area contributed by atoms with Crippen LogP contribution in [0.4, 0.5) is 5.69 Å². The number of benzene rings is 2. The Hall–Kier alpha value is -2.84. The number of anilines is 1. The van der Waals surface area contributed by atoms with E-state index in [1.165, 1.54) is 19.1 Å². The summed E-state index contributed by atoms with van der Waals surface area (Å²) in [5.41, 5.74) is 1.26. The van der Waals surface area contributed by atoms with Crippen molar-refractivity contribution in [1.82, 2.24) is 0 Å². The van der Waals surface area contributed by atoms with Gasteiger partial charge in [0.1, 0.15) is 5.75 Å². The van der Waals surface area contributed by atoms with Crippen molar-refractivity contribution >= 4 is 29.0 Å². The van der Waals surface area contributed by atoms with Crippen molar-refractivity contribution in [3.8, 4) is 11.8 Å². The SMILES string of the molecule is CC(=O)c1ccccc1NC(=O)[C@@H](C)Oc1ccc(C#N)cc1Cl. The zero-order valence-corrected chi connectivity index (χ0v) is 13.9. The van der Waals surface area contributed by atoms with Crippen molar-refractivity contribution in [3.05, 3.63) is 58.6 Å². The molecule has 0 aliphatic heterocycles. The van der Waals surface area contributed by atoms with Gasteiger partial charge in [0.2, 0.25) is 0 Å². The topological polar surface area (TPSA) is 79.2 Å². The van der Waals surface area contributed by atoms with Crippen molar-refractivity contribution in [3.63, 3.8) is 0 Å². The summed E-state index contributed by atoms with van der Waals surface area (Å²) in [5.74, 6) is -0.253. The molecule has 0 heterocycles. The molecule has 0 saturated carbocycles. The highest BCUT2D eigenvalue weighted by Gasteiger charge is 2.18. The van der Waals surface area contributed by atoms with Crippen LogP contribution in [0.5, 0.6) is 5.75 Å². The summed E-state index contributed by atoms with van der Waals surface area (Å²) in [5, 5.41) is 11.7. The largest absolute Gasteiger partial charge is 0.479 e. The summed E-state index contributed by atoms with van der Waals surface area (Å²) >= 11 is 6.03. The third-order valence-corrected chi connectivity index (χ3v) is 3.59. The second-order valence-electron chi connectivity index (χ2n) is 5.11. The number of halogens is 1. The number of ketones is 1. The molecule has 1 N–H and O–H groups in total. The molecule has 1 amide bonds. The maximum absolute atomic E-state index is 12.3. The standard InChI is InChI=1S/C18H15ClN2O3/c1-11(22)14-5-3-4-6-16(14)21-18(23)12(2)24-17-8-7-13(10-20)9-15(17)19/h3-9,12H,1-2H3,(H,21,23)/t12-/m1/s1. The Morgan fingerprint density at radius 1 is 1.25 bits per heavy atom. The highest BCUT2D eigenvalue weighted by atomic mass is 35.5. The number of rotatable bonds is 5. The van der Waals surface area contributed by atoms with Crippen LogP contribution in [0, 0.1) is 11.3 Å². The fourth-order valence-corrected chi connectivity index (χ4v) is 2.27. The molecular formula is C18H15ClN2O3. The molecule has 0 radical (unpaired) electrons. The number of hydrogen-bond donors (Lipinski definition) is 1. The zero-order chi connectivity index (χ0) is 17.7. The lowest BCUT2D eigenvalue weighted by Crippen LogP contribution is -2.30. The number of hydrogen-bond acceptors (Lipinski definition) is 4. The molecule has 0 bridgehead atoms. The van der Waals surface area contributed by atoms with Crippen molar-refractivity contribution in [2.24, 2.45) is 0 Å². The lowest BCUT2D eigenvalue weighted by molar-refractivity contribution is -0.122. The normalized spacial score (nSPS) is 11.2. The van der Waals surface area contributed by atoms with Gasteiger partial charge in [-0.2, -0.15) is 5.26 Å². The number of carbonyl (C=O) groups is 2. The molecule has 0 aliphatic rings. The smallest absolute Gasteiger partial charge is 0.265 e. The first-order valence-corrected chi connectivity index (χ1v) is 7.57. The third kappa shape index (κ3) is 4.12. The van der Waals surface area contributed by atoms with E-state index in [-0.39, 0.29) is 10.8 Å². The van der Waals surface area contributed by atoms with E-state index < -0.39 is 12.0 Å². The van der Waals surface area contributed by atoms with Crippen LogP contribution < -0.4 is 10.1 Å². The Balaban J connectivity index is 2.11. The fourth-order valence-electron chi connectivity index (χ4n) is 2.04. The quantitative estimate of drug-likeness (QED) is 0.838. The van der Waals surface area contributed by atoms with Crippen LogP contribution in [0.15, 0.2) is 42.5 Å². The van der Waals surface area contributed by atoms with E-state index in [2.05, 4.69) is 5.32 Å². The average molecular weight is 343 g/mol. The van der Waals surface area contributed by atoms with Gasteiger partial charge in [0.25, 0.3) is 5.91 Å². The number of nitriles is 1. The number of nitrogens with one attached hydrogen (secondary N) is 1. The van der Waals surface area contributed by atoms with E-state index in [1.807, 2.05) is 6.07 Å². The van der Waals surface area contributed by atoms with Crippen LogP contribution in [0.2, 0.25) is 5.02 Å². The lowest BCUT2D eigenvalue weighted by Gasteiger charge is -2.16. The van der Waals surface area contributed by atoms with Crippen molar-refractivity contribution in [1.29, 1.82) is 5.26 Å². The Morgan fingerprint density at radius 2 is 1.96 bits per heavy atom. The third-order valence-electron chi connectivity index (χ3n) is 3.30. The van der Waals surface area contributed by atoms with Gasteiger partial charge in [0.15, 0.2) is 11.9 Å². The van der Waals surface area contributed by atoms with E-state index >= 15 is 0 Å². The maximum Gasteiger partial charge on any atom is 0.265 e. The first-order chi connectivity index (χ1) is 11.4. The van der Waals surface area contributed by atoms with Gasteiger partial charge in [-0.05, 0) is 44.2 Å². The van der Waals surface area contributed by atoms with Crippen molar-refractivity contribution in [2.45, 2.75) is 20.0 Å². The number of Topliss-reactive ketones (excluding diaryl/α,β-unsaturated/α-hetero) is 1. The summed E-state index contributed by atoms with van der Waals surface area (Å²) in [6.07, 6.45) is -0.838. The Labute approximate surface area is 144 Å². The van der Waals surface area contributed by atoms with Crippen LogP contribution in [0.3, 0.4) is 0 Å². The molecule has 0 aromatic heterocycles. The monoisotopic (exact) mass is 342 g/mol. The predicted molar refractivity (Wildman–Crippen MR) is 91.3 cm³/mol. The van der Waals surface area contributed by atoms with Gasteiger partial charge in [-0.3, -0.25) is 9.59 Å². The van der Waals surface area contributed by atoms with Crippen LogP contribution >= 0.6 is 11.6 Å². The molecule has 6 heteroatoms. The highest BCUT2D eigenvalue weighted by molar-refractivity contribution is 6.32. The number of carbonyl (C=O) groups excluding carboxylic acids is 2. The second kappa shape index (κ2) is 7.62. The summed E-state index contributed by atoms with van der Waals surface area (Å²) in [7, 11) is 0. The van der Waals surface area contributed by atoms with E-state index in [0.29, 0.717) is 22.6 Å². The van der Waals surface area contributed by atoms with Gasteiger partial charge < -0.3 is 10.1 Å². The van der Waals surface area contributed by atoms with E-state index in [1.54, 1.807) is 37.3 Å². The number of ether oxygens (including phenoxy) is 1. The molecule has 1 atom stereocenters. The molecule has 2 rings (SSSR count). The first-order valence-electron chi connectivity index (χ1n) is 7.19. The highest BCUT2D eigenvalue weighted by Crippen LogP contribution is 2.26. The average Bonchev–Trinajstić information content (AvgIpc) is 2.56. The second-order valence-corrected chi connectivity index (χ2v) is 5.52. The number of nitrogens with zero attached hydrogens (tertiary/aromatic N) is 1. The van der Waals surface area contributed by atoms with Crippen molar-refractivity contribution < 1.29 is 14.3 Å². The molecule has 24 heavy (non-hydrogen) atoms. The molecule has 122 valence electrons. The van der Waals surface area contributed by atoms with Crippen LogP contribution in [0.1, 0.15) is 29.8 Å². The van der Waals surface area contributed by atoms with E-state index in [0.717, 1.165) is 0 Å². The minimum atomic E-state index is -0.838. The van der Waals surface area contributed by atoms with Gasteiger partial charge in [0.05, 0.1) is 22.3 Å². The van der Waals surface area contributed by atoms with E-state index in [9.17, 15) is 9.59 Å². The van der Waals surface area contributed by atoms with Gasteiger partial charge in [-0.1, -0.05) is 23.7 Å². The molecule has 2 aromatic carbocycles. The van der Waals surface area contributed by atoms with E-state index in [4.69, 9.17) is 21.6 Å². The van der Waals surface area contributed by atoms with Gasteiger partial charge in [-0.25, -0.2) is 0 Å². The maximum atomic E-state index is 12.3.